The van der Waals surface area contributed by atoms with Gasteiger partial charge in [0.05, 0.1) is 10.6 Å². The summed E-state index contributed by atoms with van der Waals surface area (Å²) >= 11 is 3.11. The van der Waals surface area contributed by atoms with Gasteiger partial charge < -0.3 is 4.90 Å². The Labute approximate surface area is 168 Å². The standard InChI is InChI=1S/C20H27N3O2S2/c1-4-23-19(25)16-14-8-7-12(2)11-15(14)27-17(16)21-20(23)26-13(3)18(24)22-9-5-6-10-22/h12-13H,4-11H2,1-3H3. The highest BCUT2D eigenvalue weighted by atomic mass is 32.2. The van der Waals surface area contributed by atoms with Crippen molar-refractivity contribution < 1.29 is 4.79 Å². The normalized spacial score (nSPS) is 20.9. The number of likely N-dealkylation sites (tertiary alicyclic amines) is 1. The first-order chi connectivity index (χ1) is 13.0. The van der Waals surface area contributed by atoms with Crippen molar-refractivity contribution in [2.24, 2.45) is 5.92 Å². The number of amides is 1. The second kappa shape index (κ2) is 7.59. The fraction of sp³-hybridized carbons (Fsp3) is 0.650. The minimum atomic E-state index is -0.222. The Bertz CT molecular complexity index is 927. The molecule has 1 aliphatic carbocycles. The molecule has 2 aromatic rings. The van der Waals surface area contributed by atoms with Gasteiger partial charge in [0, 0.05) is 24.5 Å². The Balaban J connectivity index is 1.70. The SMILES string of the molecule is CCn1c(SC(C)C(=O)N2CCCC2)nc2sc3c(c2c1=O)CCC(C)C3. The van der Waals surface area contributed by atoms with Crippen LogP contribution in [0.25, 0.3) is 10.2 Å². The quantitative estimate of drug-likeness (QED) is 0.575. The minimum Gasteiger partial charge on any atom is -0.342 e. The molecule has 2 aromatic heterocycles. The molecule has 2 aliphatic rings. The predicted molar refractivity (Wildman–Crippen MR) is 112 cm³/mol. The van der Waals surface area contributed by atoms with Gasteiger partial charge in [0.25, 0.3) is 5.56 Å². The molecule has 0 bridgehead atoms. The Morgan fingerprint density at radius 3 is 2.81 bits per heavy atom. The molecular formula is C20H27N3O2S2. The van der Waals surface area contributed by atoms with Crippen LogP contribution in [0.5, 0.6) is 0 Å². The van der Waals surface area contributed by atoms with Gasteiger partial charge in [-0.25, -0.2) is 4.98 Å². The van der Waals surface area contributed by atoms with Crippen molar-refractivity contribution in [1.82, 2.24) is 14.5 Å². The van der Waals surface area contributed by atoms with E-state index in [1.165, 1.54) is 22.2 Å². The number of thiophene rings is 1. The number of rotatable bonds is 4. The fourth-order valence-electron chi connectivity index (χ4n) is 4.18. The van der Waals surface area contributed by atoms with Gasteiger partial charge in [-0.1, -0.05) is 18.7 Å². The zero-order valence-electron chi connectivity index (χ0n) is 16.3. The van der Waals surface area contributed by atoms with Crippen molar-refractivity contribution in [3.8, 4) is 0 Å². The number of carbonyl (C=O) groups is 1. The molecule has 1 fully saturated rings. The molecule has 3 heterocycles. The van der Waals surface area contributed by atoms with E-state index in [0.717, 1.165) is 55.4 Å². The highest BCUT2D eigenvalue weighted by Gasteiger charge is 2.28. The highest BCUT2D eigenvalue weighted by molar-refractivity contribution is 8.00. The molecule has 0 spiro atoms. The van der Waals surface area contributed by atoms with Crippen LogP contribution < -0.4 is 5.56 Å². The van der Waals surface area contributed by atoms with Crippen molar-refractivity contribution >= 4 is 39.2 Å². The van der Waals surface area contributed by atoms with Crippen LogP contribution in [-0.2, 0) is 24.2 Å². The number of hydrogen-bond acceptors (Lipinski definition) is 5. The maximum atomic E-state index is 13.2. The molecule has 1 amide bonds. The van der Waals surface area contributed by atoms with Crippen molar-refractivity contribution in [3.05, 3.63) is 20.8 Å². The maximum absolute atomic E-state index is 13.2. The first-order valence-electron chi connectivity index (χ1n) is 10.00. The topological polar surface area (TPSA) is 55.2 Å². The van der Waals surface area contributed by atoms with E-state index in [4.69, 9.17) is 4.98 Å². The Morgan fingerprint density at radius 1 is 1.37 bits per heavy atom. The third kappa shape index (κ3) is 3.44. The van der Waals surface area contributed by atoms with Crippen LogP contribution in [0.2, 0.25) is 0 Å². The van der Waals surface area contributed by atoms with Crippen LogP contribution in [0.15, 0.2) is 9.95 Å². The van der Waals surface area contributed by atoms with Crippen molar-refractivity contribution in [2.45, 2.75) is 69.8 Å². The molecule has 146 valence electrons. The lowest BCUT2D eigenvalue weighted by molar-refractivity contribution is -0.129. The van der Waals surface area contributed by atoms with E-state index in [1.807, 2.05) is 18.7 Å². The fourth-order valence-corrected chi connectivity index (χ4v) is 6.66. The van der Waals surface area contributed by atoms with Gasteiger partial charge in [-0.15, -0.1) is 11.3 Å². The molecule has 2 unspecified atom stereocenters. The van der Waals surface area contributed by atoms with Crippen molar-refractivity contribution in [1.29, 1.82) is 0 Å². The van der Waals surface area contributed by atoms with Gasteiger partial charge in [0.15, 0.2) is 5.16 Å². The average Bonchev–Trinajstić information content (AvgIpc) is 3.28. The lowest BCUT2D eigenvalue weighted by Gasteiger charge is -2.20. The highest BCUT2D eigenvalue weighted by Crippen LogP contribution is 2.37. The summed E-state index contributed by atoms with van der Waals surface area (Å²) in [4.78, 5) is 34.9. The lowest BCUT2D eigenvalue weighted by Crippen LogP contribution is -2.34. The molecule has 0 N–H and O–H groups in total. The molecule has 0 aromatic carbocycles. The van der Waals surface area contributed by atoms with Crippen LogP contribution in [0, 0.1) is 5.92 Å². The van der Waals surface area contributed by atoms with E-state index in [1.54, 1.807) is 15.9 Å². The molecule has 4 rings (SSSR count). The maximum Gasteiger partial charge on any atom is 0.263 e. The predicted octanol–water partition coefficient (Wildman–Crippen LogP) is 3.71. The van der Waals surface area contributed by atoms with Gasteiger partial charge >= 0.3 is 0 Å². The van der Waals surface area contributed by atoms with Gasteiger partial charge in [0.1, 0.15) is 4.83 Å². The first kappa shape index (κ1) is 19.0. The summed E-state index contributed by atoms with van der Waals surface area (Å²) in [5, 5.41) is 1.29. The first-order valence-corrected chi connectivity index (χ1v) is 11.7. The number of thioether (sulfide) groups is 1. The van der Waals surface area contributed by atoms with Crippen molar-refractivity contribution in [3.63, 3.8) is 0 Å². The Hall–Kier alpha value is -1.34. The minimum absolute atomic E-state index is 0.0675. The molecule has 0 radical (unpaired) electrons. The van der Waals surface area contributed by atoms with Crippen LogP contribution >= 0.6 is 23.1 Å². The smallest absolute Gasteiger partial charge is 0.263 e. The lowest BCUT2D eigenvalue weighted by atomic mass is 9.89. The molecule has 27 heavy (non-hydrogen) atoms. The van der Waals surface area contributed by atoms with Gasteiger partial charge in [-0.05, 0) is 57.4 Å². The number of carbonyl (C=O) groups excluding carboxylic acids is 1. The van der Waals surface area contributed by atoms with Crippen LogP contribution in [0.1, 0.15) is 50.5 Å². The van der Waals surface area contributed by atoms with Gasteiger partial charge in [0.2, 0.25) is 5.91 Å². The zero-order valence-corrected chi connectivity index (χ0v) is 17.9. The number of aromatic nitrogens is 2. The van der Waals surface area contributed by atoms with E-state index in [0.29, 0.717) is 17.6 Å². The molecule has 1 aliphatic heterocycles. The summed E-state index contributed by atoms with van der Waals surface area (Å²) in [5.74, 6) is 0.833. The van der Waals surface area contributed by atoms with E-state index in [2.05, 4.69) is 6.92 Å². The third-order valence-electron chi connectivity index (χ3n) is 5.74. The molecule has 0 saturated carbocycles. The summed E-state index contributed by atoms with van der Waals surface area (Å²) in [6, 6.07) is 0. The Kier molecular flexibility index (Phi) is 5.34. The molecule has 5 nitrogen and oxygen atoms in total. The summed E-state index contributed by atoms with van der Waals surface area (Å²) in [5.41, 5.74) is 1.29. The van der Waals surface area contributed by atoms with E-state index in [9.17, 15) is 9.59 Å². The summed E-state index contributed by atoms with van der Waals surface area (Å²) < 4.78 is 1.76. The summed E-state index contributed by atoms with van der Waals surface area (Å²) in [6.07, 6.45) is 5.35. The number of fused-ring (bicyclic) bond motifs is 3. The van der Waals surface area contributed by atoms with Crippen LogP contribution in [0.3, 0.4) is 0 Å². The van der Waals surface area contributed by atoms with Crippen molar-refractivity contribution in [2.75, 3.05) is 13.1 Å². The van der Waals surface area contributed by atoms with E-state index >= 15 is 0 Å². The van der Waals surface area contributed by atoms with Gasteiger partial charge in [-0.3, -0.25) is 14.2 Å². The largest absolute Gasteiger partial charge is 0.342 e. The third-order valence-corrected chi connectivity index (χ3v) is 7.97. The van der Waals surface area contributed by atoms with E-state index < -0.39 is 0 Å². The summed E-state index contributed by atoms with van der Waals surface area (Å²) in [6.45, 7) is 8.47. The summed E-state index contributed by atoms with van der Waals surface area (Å²) in [7, 11) is 0. The van der Waals surface area contributed by atoms with Crippen LogP contribution in [-0.4, -0.2) is 38.7 Å². The molecule has 1 saturated heterocycles. The second-order valence-corrected chi connectivity index (χ2v) is 10.2. The zero-order chi connectivity index (χ0) is 19.1. The van der Waals surface area contributed by atoms with Gasteiger partial charge in [-0.2, -0.15) is 0 Å². The monoisotopic (exact) mass is 405 g/mol. The molecule has 7 heteroatoms. The average molecular weight is 406 g/mol. The number of aryl methyl sites for hydroxylation is 1. The number of nitrogens with zero attached hydrogens (tertiary/aromatic N) is 3. The Morgan fingerprint density at radius 2 is 2.11 bits per heavy atom. The van der Waals surface area contributed by atoms with E-state index in [-0.39, 0.29) is 16.7 Å². The molecule has 2 atom stereocenters. The van der Waals surface area contributed by atoms with Crippen LogP contribution in [0.4, 0.5) is 0 Å². The second-order valence-electron chi connectivity index (χ2n) is 7.77. The molecular weight excluding hydrogens is 378 g/mol. The number of hydrogen-bond donors (Lipinski definition) is 0.